The minimum atomic E-state index is -0.771. The van der Waals surface area contributed by atoms with Gasteiger partial charge in [-0.25, -0.2) is 0 Å². The molecule has 6 nitrogen and oxygen atoms in total. The summed E-state index contributed by atoms with van der Waals surface area (Å²) in [6.07, 6.45) is 0. The van der Waals surface area contributed by atoms with Crippen LogP contribution in [0.25, 0.3) is 106 Å². The Morgan fingerprint density at radius 1 is 0.333 bits per heavy atom. The van der Waals surface area contributed by atoms with E-state index >= 15 is 0 Å². The molecule has 0 aliphatic carbocycles. The third-order valence-corrected chi connectivity index (χ3v) is 9.67. The maximum absolute atomic E-state index is 9.23. The fourth-order valence-electron chi connectivity index (χ4n) is 7.27. The number of hydrogen-bond acceptors (Lipinski definition) is 3. The highest BCUT2D eigenvalue weighted by Crippen LogP contribution is 2.36. The second-order valence-corrected chi connectivity index (χ2v) is 12.7. The van der Waals surface area contributed by atoms with Crippen molar-refractivity contribution in [3.63, 3.8) is 0 Å². The summed E-state index contributed by atoms with van der Waals surface area (Å²) in [5.74, 6) is -1.49. The van der Waals surface area contributed by atoms with Crippen molar-refractivity contribution in [2.45, 2.75) is 0 Å². The van der Waals surface area contributed by atoms with Crippen molar-refractivity contribution in [1.29, 1.82) is 0 Å². The van der Waals surface area contributed by atoms with E-state index in [2.05, 4.69) is 0 Å². The molecule has 0 aliphatic heterocycles. The van der Waals surface area contributed by atoms with Gasteiger partial charge in [0, 0.05) is 43.6 Å². The number of para-hydroxylation sites is 6. The van der Waals surface area contributed by atoms with E-state index in [1.165, 1.54) is 10.6 Å². The van der Waals surface area contributed by atoms with E-state index in [0.717, 1.165) is 9.13 Å². The topological polar surface area (TPSA) is 53.5 Å². The van der Waals surface area contributed by atoms with Crippen LogP contribution in [-0.2, 0) is 0 Å². The second kappa shape index (κ2) is 12.3. The Bertz CT molecular complexity index is 4540. The third kappa shape index (κ3) is 4.81. The zero-order valence-corrected chi connectivity index (χ0v) is 28.8. The van der Waals surface area contributed by atoms with Crippen molar-refractivity contribution in [3.05, 3.63) is 194 Å². The van der Waals surface area contributed by atoms with E-state index in [1.54, 1.807) is 42.5 Å². The van der Waals surface area contributed by atoms with Gasteiger partial charge in [0.1, 0.15) is 0 Å². The Balaban J connectivity index is 1.19. The summed E-state index contributed by atoms with van der Waals surface area (Å²) >= 11 is 0. The molecular weight excluding hydrogens is 697 g/mol. The largest absolute Gasteiger partial charge is 0.309 e. The monoisotopic (exact) mass is 752 g/mol. The Hall–Kier alpha value is -7.83. The minimum Gasteiger partial charge on any atom is -0.309 e. The molecule has 0 saturated carbocycles. The summed E-state index contributed by atoms with van der Waals surface area (Å²) in [4.78, 5) is 14.4. The van der Waals surface area contributed by atoms with Gasteiger partial charge in [0.25, 0.3) is 0 Å². The highest BCUT2D eigenvalue weighted by Gasteiger charge is 2.21. The SMILES string of the molecule is [2H]c1c([2H])c([2H])c2c(c1[2H])c1c([2H])c([2H])c([2H])c([2H])c1n2-c1cccc(-c2cccc(-c3nc(-n4c5c([2H])c([2H])c([2H])c([2H])c5c5c([2H])c([2H])c([2H])c([2H])c54)nc(-n4c5c([2H])c([2H])c([2H])c([2H])c5c5c([2H])c([2H])c([2H])c([2H])c54)n3)c2)c1. The molecule has 4 aromatic heterocycles. The number of rotatable bonds is 5. The molecule has 12 rings (SSSR count). The van der Waals surface area contributed by atoms with E-state index in [0.29, 0.717) is 11.1 Å². The van der Waals surface area contributed by atoms with Crippen molar-refractivity contribution in [3.8, 4) is 40.1 Å². The summed E-state index contributed by atoms with van der Waals surface area (Å²) in [6.45, 7) is 0. The second-order valence-electron chi connectivity index (χ2n) is 12.7. The lowest BCUT2D eigenvalue weighted by Crippen LogP contribution is -2.10. The van der Waals surface area contributed by atoms with E-state index in [-0.39, 0.29) is 60.4 Å². The quantitative estimate of drug-likeness (QED) is 0.176. The highest BCUT2D eigenvalue weighted by atomic mass is 15.3. The summed E-state index contributed by atoms with van der Waals surface area (Å²) < 4.78 is 216. The Kier molecular flexibility index (Phi) is 3.49. The van der Waals surface area contributed by atoms with Gasteiger partial charge in [0.2, 0.25) is 11.9 Å². The van der Waals surface area contributed by atoms with Gasteiger partial charge in [-0.1, -0.05) is 139 Å². The van der Waals surface area contributed by atoms with Crippen LogP contribution in [0, 0.1) is 0 Å². The first-order valence-corrected chi connectivity index (χ1v) is 17.2. The van der Waals surface area contributed by atoms with Crippen LogP contribution in [0.15, 0.2) is 194 Å². The molecule has 8 aromatic carbocycles. The zero-order chi connectivity index (χ0) is 58.3. The zero-order valence-electron chi connectivity index (χ0n) is 52.8. The standard InChI is InChI=1S/C51H32N6/c1-7-25-43-37(19-1)38-20-2-8-26-44(38)55(43)36-18-14-16-34(32-36)33-15-13-17-35(31-33)49-52-50(56-45-27-9-3-21-39(45)40-22-4-10-28-46(40)56)54-51(53-49)57-47-29-11-5-23-41(47)42-24-6-12-30-48(42)57/h1-32H/i1D,2D,3D,4D,5D,6D,7D,8D,9D,10D,11D,12D,19D,20D,21D,22D,23D,24D,25D,26D,27D,28D,29D,30D. The first-order valence-electron chi connectivity index (χ1n) is 29.2. The molecule has 0 saturated heterocycles. The molecule has 266 valence electrons. The lowest BCUT2D eigenvalue weighted by molar-refractivity contribution is 0.893. The molecule has 0 aliphatic rings. The summed E-state index contributed by atoms with van der Waals surface area (Å²) in [5, 5.41) is -1.65. The molecule has 0 N–H and O–H groups in total. The summed E-state index contributed by atoms with van der Waals surface area (Å²) in [6, 6.07) is -3.42. The van der Waals surface area contributed by atoms with Crippen LogP contribution >= 0.6 is 0 Å². The van der Waals surface area contributed by atoms with E-state index < -0.39 is 179 Å². The Labute approximate surface area is 360 Å². The van der Waals surface area contributed by atoms with Crippen molar-refractivity contribution in [1.82, 2.24) is 28.7 Å². The molecular formula is C51H32N6. The molecule has 0 radical (unpaired) electrons. The van der Waals surface area contributed by atoms with Crippen molar-refractivity contribution in [2.75, 3.05) is 0 Å². The number of fused-ring (bicyclic) bond motifs is 9. The van der Waals surface area contributed by atoms with Gasteiger partial charge < -0.3 is 4.57 Å². The summed E-state index contributed by atoms with van der Waals surface area (Å²) in [7, 11) is 0. The Morgan fingerprint density at radius 2 is 0.667 bits per heavy atom. The van der Waals surface area contributed by atoms with E-state index in [9.17, 15) is 5.48 Å². The van der Waals surface area contributed by atoms with E-state index in [1.807, 2.05) is 0 Å². The van der Waals surface area contributed by atoms with E-state index in [4.69, 9.17) is 42.4 Å². The lowest BCUT2D eigenvalue weighted by atomic mass is 10.0. The molecule has 57 heavy (non-hydrogen) atoms. The molecule has 4 heterocycles. The van der Waals surface area contributed by atoms with Crippen LogP contribution < -0.4 is 0 Å². The van der Waals surface area contributed by atoms with Gasteiger partial charge in [-0.05, 0) is 65.6 Å². The Morgan fingerprint density at radius 3 is 1.09 bits per heavy atom. The smallest absolute Gasteiger partial charge is 0.240 e. The van der Waals surface area contributed by atoms with Crippen LogP contribution in [-0.4, -0.2) is 28.7 Å². The molecule has 0 bridgehead atoms. The molecule has 0 fully saturated rings. The predicted molar refractivity (Wildman–Crippen MR) is 234 cm³/mol. The number of hydrogen-bond donors (Lipinski definition) is 0. The maximum atomic E-state index is 9.23. The van der Waals surface area contributed by atoms with Gasteiger partial charge in [-0.15, -0.1) is 0 Å². The molecule has 6 heteroatoms. The molecule has 0 spiro atoms. The van der Waals surface area contributed by atoms with Crippen LogP contribution in [0.5, 0.6) is 0 Å². The van der Waals surface area contributed by atoms with Gasteiger partial charge >= 0.3 is 0 Å². The molecule has 0 atom stereocenters. The highest BCUT2D eigenvalue weighted by molar-refractivity contribution is 6.11. The van der Waals surface area contributed by atoms with Crippen molar-refractivity contribution in [2.24, 2.45) is 0 Å². The lowest BCUT2D eigenvalue weighted by Gasteiger charge is -2.13. The van der Waals surface area contributed by atoms with Gasteiger partial charge in [-0.2, -0.15) is 15.0 Å². The first-order chi connectivity index (χ1) is 38.2. The number of benzene rings is 8. The average molecular weight is 753 g/mol. The first kappa shape index (κ1) is 16.1. The van der Waals surface area contributed by atoms with Gasteiger partial charge in [0.05, 0.1) is 66.0 Å². The minimum absolute atomic E-state index is 0.122. The fraction of sp³-hybridized carbons (Fsp3) is 0. The van der Waals surface area contributed by atoms with Crippen LogP contribution in [0.4, 0.5) is 0 Å². The maximum Gasteiger partial charge on any atom is 0.240 e. The molecule has 0 unspecified atom stereocenters. The van der Waals surface area contributed by atoms with Crippen LogP contribution in [0.1, 0.15) is 32.9 Å². The van der Waals surface area contributed by atoms with Gasteiger partial charge in [-0.3, -0.25) is 9.13 Å². The van der Waals surface area contributed by atoms with Crippen molar-refractivity contribution >= 4 is 65.4 Å². The van der Waals surface area contributed by atoms with Gasteiger partial charge in [0.15, 0.2) is 5.82 Å². The van der Waals surface area contributed by atoms with Crippen LogP contribution in [0.3, 0.4) is 0 Å². The predicted octanol–water partition coefficient (Wildman–Crippen LogP) is 12.5. The normalized spacial score (nSPS) is 17.8. The van der Waals surface area contributed by atoms with Crippen molar-refractivity contribution < 1.29 is 32.9 Å². The molecule has 12 aromatic rings. The average Bonchev–Trinajstić information content (AvgIpc) is 2.24. The number of aromatic nitrogens is 6. The summed E-state index contributed by atoms with van der Waals surface area (Å²) in [5.41, 5.74) is -0.782. The third-order valence-electron chi connectivity index (χ3n) is 9.67. The number of nitrogens with zero attached hydrogens (tertiary/aromatic N) is 6. The van der Waals surface area contributed by atoms with Crippen LogP contribution in [0.2, 0.25) is 0 Å². The fourth-order valence-corrected chi connectivity index (χ4v) is 7.27. The molecule has 0 amide bonds.